The Labute approximate surface area is 421 Å². The van der Waals surface area contributed by atoms with Gasteiger partial charge in [0.2, 0.25) is 0 Å². The summed E-state index contributed by atoms with van der Waals surface area (Å²) >= 11 is 3.77. The summed E-state index contributed by atoms with van der Waals surface area (Å²) in [4.78, 5) is 5.21. The van der Waals surface area contributed by atoms with Crippen LogP contribution < -0.4 is 9.47 Å². The van der Waals surface area contributed by atoms with Gasteiger partial charge in [0.25, 0.3) is 0 Å². The third kappa shape index (κ3) is 11.2. The van der Waals surface area contributed by atoms with E-state index in [-0.39, 0.29) is 5.41 Å². The van der Waals surface area contributed by atoms with E-state index in [0.29, 0.717) is 0 Å². The van der Waals surface area contributed by atoms with Crippen LogP contribution in [0.4, 0.5) is 0 Å². The zero-order chi connectivity index (χ0) is 47.4. The Hall–Kier alpha value is -5.68. The maximum absolute atomic E-state index is 6.05. The summed E-state index contributed by atoms with van der Waals surface area (Å²) in [6.07, 6.45) is 17.4. The largest absolute Gasteiger partial charge is 0.494 e. The van der Waals surface area contributed by atoms with E-state index in [9.17, 15) is 0 Å². The minimum absolute atomic E-state index is 0.0288. The molecule has 0 saturated carbocycles. The van der Waals surface area contributed by atoms with Crippen LogP contribution >= 0.6 is 22.7 Å². The van der Waals surface area contributed by atoms with Crippen LogP contribution in [0.15, 0.2) is 158 Å². The third-order valence-corrected chi connectivity index (χ3v) is 17.0. The number of hydrogen-bond donors (Lipinski definition) is 0. The van der Waals surface area contributed by atoms with Crippen molar-refractivity contribution in [1.82, 2.24) is 0 Å². The van der Waals surface area contributed by atoms with E-state index in [1.807, 2.05) is 22.7 Å². The van der Waals surface area contributed by atoms with Gasteiger partial charge in [-0.05, 0) is 153 Å². The normalized spacial score (nSPS) is 12.5. The molecule has 4 heteroatoms. The van der Waals surface area contributed by atoms with Gasteiger partial charge in [-0.1, -0.05) is 189 Å². The topological polar surface area (TPSA) is 18.5 Å². The van der Waals surface area contributed by atoms with Crippen LogP contribution in [-0.2, 0) is 5.41 Å². The molecule has 69 heavy (non-hydrogen) atoms. The van der Waals surface area contributed by atoms with E-state index in [1.165, 1.54) is 150 Å². The van der Waals surface area contributed by atoms with E-state index in [4.69, 9.17) is 9.47 Å². The summed E-state index contributed by atoms with van der Waals surface area (Å²) in [5.74, 6) is 1.91. The Bertz CT molecular complexity index is 2660. The monoisotopic (exact) mass is 946 g/mol. The van der Waals surface area contributed by atoms with Crippen molar-refractivity contribution in [2.75, 3.05) is 13.2 Å². The summed E-state index contributed by atoms with van der Waals surface area (Å²) in [5, 5.41) is 0. The molecule has 6 aromatic carbocycles. The standard InChI is InChI=1S/C65H70O2S2/c1-5-9-11-13-15-17-43-66-55-33-27-49(28-34-55)47-19-23-51(24-20-47)61-39-41-63(68-61)53-31-37-57-58-38-32-54(46-60(58)65(7-3,8-4)59(57)45-53)64-42-40-62(69-64)52-25-21-48(22-26-52)50-29-35-56(36-30-50)67-44-18-16-14-12-10-6-2/h19-42,45-46H,5-18,43-44H2,1-4H3. The fraction of sp³-hybridized carbons (Fsp3) is 0.323. The minimum Gasteiger partial charge on any atom is -0.494 e. The molecule has 1 aliphatic rings. The second-order valence-electron chi connectivity index (χ2n) is 19.1. The lowest BCUT2D eigenvalue weighted by Crippen LogP contribution is -2.23. The molecule has 0 aliphatic heterocycles. The number of thiophene rings is 2. The van der Waals surface area contributed by atoms with E-state index in [2.05, 4.69) is 185 Å². The van der Waals surface area contributed by atoms with Crippen molar-refractivity contribution in [2.24, 2.45) is 0 Å². The first-order valence-corrected chi connectivity index (χ1v) is 27.8. The van der Waals surface area contributed by atoms with Gasteiger partial charge in [0.15, 0.2) is 0 Å². The van der Waals surface area contributed by atoms with Crippen LogP contribution in [0, 0.1) is 0 Å². The SMILES string of the molecule is CCCCCCCCOc1ccc(-c2ccc(-c3ccc(-c4ccc5c(c4)C(CC)(CC)c4cc(-c6ccc(-c7ccc(-c8ccc(OCCCCCCCC)cc8)cc7)s6)ccc4-5)s3)cc2)cc1. The van der Waals surface area contributed by atoms with Crippen molar-refractivity contribution < 1.29 is 9.47 Å². The Morgan fingerprint density at radius 1 is 0.319 bits per heavy atom. The lowest BCUT2D eigenvalue weighted by atomic mass is 9.73. The molecule has 0 unspecified atom stereocenters. The average Bonchev–Trinajstić information content (AvgIpc) is 4.17. The van der Waals surface area contributed by atoms with Crippen molar-refractivity contribution in [1.29, 1.82) is 0 Å². The van der Waals surface area contributed by atoms with Crippen LogP contribution in [0.2, 0.25) is 0 Å². The van der Waals surface area contributed by atoms with Crippen LogP contribution in [0.1, 0.15) is 129 Å². The maximum Gasteiger partial charge on any atom is 0.119 e. The number of benzene rings is 6. The summed E-state index contributed by atoms with van der Waals surface area (Å²) in [6.45, 7) is 10.9. The van der Waals surface area contributed by atoms with Gasteiger partial charge in [0.1, 0.15) is 11.5 Å². The summed E-state index contributed by atoms with van der Waals surface area (Å²) in [6, 6.07) is 58.9. The average molecular weight is 947 g/mol. The summed E-state index contributed by atoms with van der Waals surface area (Å²) in [5.41, 5.74) is 15.7. The van der Waals surface area contributed by atoms with Gasteiger partial charge in [-0.15, -0.1) is 22.7 Å². The summed E-state index contributed by atoms with van der Waals surface area (Å²) < 4.78 is 12.1. The lowest BCUT2D eigenvalue weighted by molar-refractivity contribution is 0.304. The quantitative estimate of drug-likeness (QED) is 0.0562. The lowest BCUT2D eigenvalue weighted by Gasteiger charge is -2.30. The molecule has 0 spiro atoms. The zero-order valence-electron chi connectivity index (χ0n) is 41.5. The van der Waals surface area contributed by atoms with E-state index in [0.717, 1.165) is 50.4 Å². The van der Waals surface area contributed by atoms with Crippen molar-refractivity contribution in [3.8, 4) is 86.6 Å². The van der Waals surface area contributed by atoms with Crippen molar-refractivity contribution in [2.45, 2.75) is 123 Å². The molecule has 1 aliphatic carbocycles. The smallest absolute Gasteiger partial charge is 0.119 e. The third-order valence-electron chi connectivity index (χ3n) is 14.6. The Morgan fingerprint density at radius 3 is 0.986 bits per heavy atom. The van der Waals surface area contributed by atoms with E-state index < -0.39 is 0 Å². The van der Waals surface area contributed by atoms with E-state index in [1.54, 1.807) is 0 Å². The van der Waals surface area contributed by atoms with Gasteiger partial charge in [0, 0.05) is 24.9 Å². The van der Waals surface area contributed by atoms with Crippen molar-refractivity contribution in [3.63, 3.8) is 0 Å². The van der Waals surface area contributed by atoms with Gasteiger partial charge in [0.05, 0.1) is 13.2 Å². The second kappa shape index (κ2) is 23.3. The molecular formula is C65H70O2S2. The predicted octanol–water partition coefficient (Wildman–Crippen LogP) is 20.4. The number of fused-ring (bicyclic) bond motifs is 3. The first-order valence-electron chi connectivity index (χ1n) is 26.2. The first-order chi connectivity index (χ1) is 34.0. The minimum atomic E-state index is -0.0288. The van der Waals surface area contributed by atoms with Crippen molar-refractivity contribution >= 4 is 22.7 Å². The highest BCUT2D eigenvalue weighted by Crippen LogP contribution is 2.55. The molecule has 0 atom stereocenters. The molecule has 2 heterocycles. The molecule has 354 valence electrons. The van der Waals surface area contributed by atoms with Gasteiger partial charge >= 0.3 is 0 Å². The number of ether oxygens (including phenoxy) is 2. The molecule has 0 saturated heterocycles. The maximum atomic E-state index is 6.05. The van der Waals surface area contributed by atoms with Gasteiger partial charge in [-0.25, -0.2) is 0 Å². The molecule has 2 nitrogen and oxygen atoms in total. The molecule has 0 fully saturated rings. The highest BCUT2D eigenvalue weighted by molar-refractivity contribution is 7.19. The molecule has 0 N–H and O–H groups in total. The first kappa shape index (κ1) is 48.3. The molecule has 0 radical (unpaired) electrons. The molecule has 0 amide bonds. The number of unbranched alkanes of at least 4 members (excludes halogenated alkanes) is 10. The molecular weight excluding hydrogens is 877 g/mol. The fourth-order valence-corrected chi connectivity index (χ4v) is 12.4. The predicted molar refractivity (Wildman–Crippen MR) is 299 cm³/mol. The number of rotatable bonds is 24. The molecule has 2 aromatic heterocycles. The van der Waals surface area contributed by atoms with Crippen LogP contribution in [-0.4, -0.2) is 13.2 Å². The van der Waals surface area contributed by atoms with Gasteiger partial charge < -0.3 is 9.47 Å². The highest BCUT2D eigenvalue weighted by Gasteiger charge is 2.41. The Morgan fingerprint density at radius 2 is 0.623 bits per heavy atom. The number of hydrogen-bond acceptors (Lipinski definition) is 4. The van der Waals surface area contributed by atoms with Crippen LogP contribution in [0.5, 0.6) is 11.5 Å². The Balaban J connectivity index is 0.841. The zero-order valence-corrected chi connectivity index (χ0v) is 43.1. The molecule has 8 aromatic rings. The molecule has 0 bridgehead atoms. The van der Waals surface area contributed by atoms with Crippen LogP contribution in [0.3, 0.4) is 0 Å². The van der Waals surface area contributed by atoms with Gasteiger partial charge in [-0.3, -0.25) is 0 Å². The Kier molecular flexibility index (Phi) is 16.3. The summed E-state index contributed by atoms with van der Waals surface area (Å²) in [7, 11) is 0. The van der Waals surface area contributed by atoms with Gasteiger partial charge in [-0.2, -0.15) is 0 Å². The van der Waals surface area contributed by atoms with Crippen molar-refractivity contribution in [3.05, 3.63) is 169 Å². The van der Waals surface area contributed by atoms with Crippen LogP contribution in [0.25, 0.3) is 75.1 Å². The second-order valence-corrected chi connectivity index (χ2v) is 21.2. The highest BCUT2D eigenvalue weighted by atomic mass is 32.1. The van der Waals surface area contributed by atoms with E-state index >= 15 is 0 Å². The molecule has 9 rings (SSSR count). The fourth-order valence-electron chi connectivity index (χ4n) is 10.4.